The highest BCUT2D eigenvalue weighted by atomic mass is 79.9. The SMILES string of the molecule is CCC(C)c1ccc(OC(=O)c2ccc(OCC(C)C)c(Br)c2)c(Br)c1. The zero-order valence-electron chi connectivity index (χ0n) is 15.5. The van der Waals surface area contributed by atoms with Crippen LogP contribution >= 0.6 is 31.9 Å². The summed E-state index contributed by atoms with van der Waals surface area (Å²) in [5, 5.41) is 0. The lowest BCUT2D eigenvalue weighted by atomic mass is 9.99. The van der Waals surface area contributed by atoms with Crippen molar-refractivity contribution in [2.24, 2.45) is 5.92 Å². The lowest BCUT2D eigenvalue weighted by Gasteiger charge is -2.13. The zero-order chi connectivity index (χ0) is 19.3. The lowest BCUT2D eigenvalue weighted by molar-refractivity contribution is 0.0733. The molecule has 0 aromatic heterocycles. The van der Waals surface area contributed by atoms with E-state index in [0.29, 0.717) is 35.5 Å². The van der Waals surface area contributed by atoms with Gasteiger partial charge in [-0.2, -0.15) is 0 Å². The maximum atomic E-state index is 12.5. The van der Waals surface area contributed by atoms with Crippen LogP contribution in [0.2, 0.25) is 0 Å². The first kappa shape index (κ1) is 21.0. The van der Waals surface area contributed by atoms with Crippen molar-refractivity contribution in [2.45, 2.75) is 40.0 Å². The average molecular weight is 484 g/mol. The number of benzene rings is 2. The van der Waals surface area contributed by atoms with E-state index in [1.807, 2.05) is 18.2 Å². The fourth-order valence-corrected chi connectivity index (χ4v) is 3.27. The molecule has 0 aliphatic carbocycles. The second-order valence-corrected chi connectivity index (χ2v) is 8.45. The summed E-state index contributed by atoms with van der Waals surface area (Å²) in [6.45, 7) is 9.12. The molecule has 0 amide bonds. The van der Waals surface area contributed by atoms with Crippen LogP contribution in [0.15, 0.2) is 45.3 Å². The summed E-state index contributed by atoms with van der Waals surface area (Å²) in [5.74, 6) is 1.72. The Bertz CT molecular complexity index is 772. The number of rotatable bonds is 7. The first-order valence-electron chi connectivity index (χ1n) is 8.75. The Labute approximate surface area is 172 Å². The predicted molar refractivity (Wildman–Crippen MR) is 112 cm³/mol. The van der Waals surface area contributed by atoms with Crippen molar-refractivity contribution >= 4 is 37.8 Å². The minimum Gasteiger partial charge on any atom is -0.492 e. The van der Waals surface area contributed by atoms with E-state index < -0.39 is 5.97 Å². The molecule has 2 aromatic carbocycles. The van der Waals surface area contributed by atoms with Crippen molar-refractivity contribution in [1.29, 1.82) is 0 Å². The Morgan fingerprint density at radius 3 is 2.23 bits per heavy atom. The van der Waals surface area contributed by atoms with E-state index in [9.17, 15) is 4.79 Å². The van der Waals surface area contributed by atoms with Gasteiger partial charge >= 0.3 is 5.97 Å². The molecule has 1 atom stereocenters. The van der Waals surface area contributed by atoms with E-state index in [1.165, 1.54) is 5.56 Å². The van der Waals surface area contributed by atoms with Gasteiger partial charge in [0.05, 0.1) is 21.1 Å². The number of hydrogen-bond acceptors (Lipinski definition) is 3. The molecule has 0 aliphatic heterocycles. The van der Waals surface area contributed by atoms with Crippen LogP contribution < -0.4 is 9.47 Å². The van der Waals surface area contributed by atoms with Crippen LogP contribution in [-0.4, -0.2) is 12.6 Å². The third kappa shape index (κ3) is 5.58. The number of hydrogen-bond donors (Lipinski definition) is 0. The molecule has 2 rings (SSSR count). The van der Waals surface area contributed by atoms with Crippen LogP contribution in [0.25, 0.3) is 0 Å². The molecule has 0 radical (unpaired) electrons. The molecule has 0 bridgehead atoms. The molecule has 0 N–H and O–H groups in total. The van der Waals surface area contributed by atoms with Crippen molar-refractivity contribution in [3.05, 3.63) is 56.5 Å². The van der Waals surface area contributed by atoms with Crippen LogP contribution in [0.3, 0.4) is 0 Å². The smallest absolute Gasteiger partial charge is 0.343 e. The number of ether oxygens (including phenoxy) is 2. The summed E-state index contributed by atoms with van der Waals surface area (Å²) in [6, 6.07) is 11.1. The van der Waals surface area contributed by atoms with Gasteiger partial charge in [-0.25, -0.2) is 4.79 Å². The van der Waals surface area contributed by atoms with Crippen molar-refractivity contribution < 1.29 is 14.3 Å². The molecule has 0 aliphatic rings. The van der Waals surface area contributed by atoms with Crippen LogP contribution in [0, 0.1) is 5.92 Å². The molecular formula is C21H24Br2O3. The molecule has 0 spiro atoms. The van der Waals surface area contributed by atoms with Crippen molar-refractivity contribution in [3.63, 3.8) is 0 Å². The van der Waals surface area contributed by atoms with Gasteiger partial charge in [0.25, 0.3) is 0 Å². The topological polar surface area (TPSA) is 35.5 Å². The van der Waals surface area contributed by atoms with Crippen molar-refractivity contribution in [3.8, 4) is 11.5 Å². The molecular weight excluding hydrogens is 460 g/mol. The average Bonchev–Trinajstić information content (AvgIpc) is 2.61. The normalized spacial score (nSPS) is 12.1. The minimum absolute atomic E-state index is 0.405. The van der Waals surface area contributed by atoms with Crippen LogP contribution in [0.1, 0.15) is 56.0 Å². The highest BCUT2D eigenvalue weighted by Gasteiger charge is 2.14. The van der Waals surface area contributed by atoms with Crippen LogP contribution in [-0.2, 0) is 0 Å². The van der Waals surface area contributed by atoms with E-state index in [2.05, 4.69) is 59.6 Å². The summed E-state index contributed by atoms with van der Waals surface area (Å²) in [5.41, 5.74) is 1.68. The first-order chi connectivity index (χ1) is 12.3. The van der Waals surface area contributed by atoms with Crippen molar-refractivity contribution in [2.75, 3.05) is 6.61 Å². The summed E-state index contributed by atoms with van der Waals surface area (Å²) in [7, 11) is 0. The Morgan fingerprint density at radius 2 is 1.65 bits per heavy atom. The molecule has 0 saturated carbocycles. The summed E-state index contributed by atoms with van der Waals surface area (Å²) < 4.78 is 12.8. The molecule has 0 saturated heterocycles. The Kier molecular flexibility index (Phi) is 7.71. The second-order valence-electron chi connectivity index (χ2n) is 6.74. The standard InChI is InChI=1S/C21H24Br2O3/c1-5-14(4)15-6-9-20(18(23)10-15)26-21(24)16-7-8-19(17(22)11-16)25-12-13(2)3/h6-11,13-14H,5,12H2,1-4H3. The van der Waals surface area contributed by atoms with Gasteiger partial charge < -0.3 is 9.47 Å². The lowest BCUT2D eigenvalue weighted by Crippen LogP contribution is -2.10. The highest BCUT2D eigenvalue weighted by molar-refractivity contribution is 9.10. The van der Waals surface area contributed by atoms with E-state index in [1.54, 1.807) is 18.2 Å². The van der Waals surface area contributed by atoms with Gasteiger partial charge in [0, 0.05) is 0 Å². The largest absolute Gasteiger partial charge is 0.492 e. The second kappa shape index (κ2) is 9.56. The van der Waals surface area contributed by atoms with Crippen LogP contribution in [0.4, 0.5) is 0 Å². The molecule has 26 heavy (non-hydrogen) atoms. The molecule has 3 nitrogen and oxygen atoms in total. The van der Waals surface area contributed by atoms with Gasteiger partial charge in [0.2, 0.25) is 0 Å². The van der Waals surface area contributed by atoms with Gasteiger partial charge in [-0.3, -0.25) is 0 Å². The molecule has 2 aromatic rings. The molecule has 1 unspecified atom stereocenters. The van der Waals surface area contributed by atoms with Gasteiger partial charge in [-0.1, -0.05) is 33.8 Å². The molecule has 0 fully saturated rings. The maximum absolute atomic E-state index is 12.5. The Hall–Kier alpha value is -1.33. The van der Waals surface area contributed by atoms with Gasteiger partial charge in [-0.05, 0) is 86.0 Å². The summed E-state index contributed by atoms with van der Waals surface area (Å²) in [6.07, 6.45) is 1.06. The Balaban J connectivity index is 2.11. The monoisotopic (exact) mass is 482 g/mol. The molecule has 5 heteroatoms. The first-order valence-corrected chi connectivity index (χ1v) is 10.3. The van der Waals surface area contributed by atoms with E-state index in [0.717, 1.165) is 15.4 Å². The summed E-state index contributed by atoms with van der Waals surface area (Å²) in [4.78, 5) is 12.5. The fraction of sp³-hybridized carbons (Fsp3) is 0.381. The third-order valence-electron chi connectivity index (χ3n) is 4.08. The van der Waals surface area contributed by atoms with Gasteiger partial charge in [0.1, 0.15) is 11.5 Å². The molecule has 140 valence electrons. The highest BCUT2D eigenvalue weighted by Crippen LogP contribution is 2.31. The fourth-order valence-electron chi connectivity index (χ4n) is 2.30. The van der Waals surface area contributed by atoms with E-state index in [-0.39, 0.29) is 0 Å². The number of halogens is 2. The van der Waals surface area contributed by atoms with Gasteiger partial charge in [-0.15, -0.1) is 0 Å². The molecule has 0 heterocycles. The van der Waals surface area contributed by atoms with E-state index in [4.69, 9.17) is 9.47 Å². The maximum Gasteiger partial charge on any atom is 0.343 e. The summed E-state index contributed by atoms with van der Waals surface area (Å²) >= 11 is 6.96. The van der Waals surface area contributed by atoms with E-state index >= 15 is 0 Å². The third-order valence-corrected chi connectivity index (χ3v) is 5.32. The number of carbonyl (C=O) groups excluding carboxylic acids is 1. The zero-order valence-corrected chi connectivity index (χ0v) is 18.7. The predicted octanol–water partition coefficient (Wildman–Crippen LogP) is 6.98. The quantitative estimate of drug-likeness (QED) is 0.314. The number of esters is 1. The van der Waals surface area contributed by atoms with Gasteiger partial charge in [0.15, 0.2) is 0 Å². The minimum atomic E-state index is -0.405. The van der Waals surface area contributed by atoms with Crippen molar-refractivity contribution in [1.82, 2.24) is 0 Å². The Morgan fingerprint density at radius 1 is 1.00 bits per heavy atom. The number of carbonyl (C=O) groups is 1. The van der Waals surface area contributed by atoms with Crippen LogP contribution in [0.5, 0.6) is 11.5 Å².